The van der Waals surface area contributed by atoms with E-state index in [1.165, 1.54) is 0 Å². The highest BCUT2D eigenvalue weighted by Crippen LogP contribution is 2.22. The number of benzene rings is 1. The number of unbranched alkanes of at least 4 members (excludes halogenated alkanes) is 1. The topological polar surface area (TPSA) is 26.5 Å². The second-order valence-electron chi connectivity index (χ2n) is 4.82. The van der Waals surface area contributed by atoms with Crippen molar-refractivity contribution in [2.45, 2.75) is 19.8 Å². The number of imidazole rings is 1. The van der Waals surface area contributed by atoms with Crippen LogP contribution < -0.4 is 21.7 Å². The molecule has 0 saturated carbocycles. The van der Waals surface area contributed by atoms with Crippen LogP contribution in [0.1, 0.15) is 19.8 Å². The molecule has 0 atom stereocenters. The molecular weight excluding hydrogens is 328 g/mol. The van der Waals surface area contributed by atoms with Crippen molar-refractivity contribution in [2.75, 3.05) is 6.61 Å². The molecule has 3 nitrogen and oxygen atoms in total. The summed E-state index contributed by atoms with van der Waals surface area (Å²) in [6.45, 7) is 2.94. The van der Waals surface area contributed by atoms with Gasteiger partial charge in [0.2, 0.25) is 0 Å². The molecule has 0 amide bonds. The van der Waals surface area contributed by atoms with Crippen molar-refractivity contribution in [1.82, 2.24) is 9.38 Å². The number of hydrogen-bond acceptors (Lipinski definition) is 2. The van der Waals surface area contributed by atoms with Gasteiger partial charge in [0.25, 0.3) is 0 Å². The molecule has 0 aliphatic carbocycles. The molecule has 3 rings (SSSR count). The number of rotatable bonds is 5. The van der Waals surface area contributed by atoms with E-state index in [0.717, 1.165) is 42.1 Å². The van der Waals surface area contributed by atoms with E-state index < -0.39 is 0 Å². The summed E-state index contributed by atoms with van der Waals surface area (Å²) in [5, 5.41) is 0. The highest BCUT2D eigenvalue weighted by atomic mass is 79.9. The molecule has 0 N–H and O–H groups in total. The molecule has 110 valence electrons. The SMILES string of the molecule is CCCCOc1ccc(-c2cn3ccccc3n2)cc1.[Br-]. The number of halogens is 1. The van der Waals surface area contributed by atoms with Crippen molar-refractivity contribution in [3.05, 3.63) is 54.9 Å². The first kappa shape index (κ1) is 15.6. The second kappa shape index (κ2) is 7.27. The van der Waals surface area contributed by atoms with Crippen LogP contribution in [0.5, 0.6) is 5.75 Å². The van der Waals surface area contributed by atoms with Gasteiger partial charge in [-0.1, -0.05) is 19.4 Å². The van der Waals surface area contributed by atoms with Gasteiger partial charge in [0, 0.05) is 18.0 Å². The standard InChI is InChI=1S/C17H18N2O.BrH/c1-2-3-12-20-15-9-7-14(8-10-15)16-13-19-11-5-4-6-17(19)18-16;/h4-11,13H,2-3,12H2,1H3;1H/p-1. The summed E-state index contributed by atoms with van der Waals surface area (Å²) in [6, 6.07) is 14.1. The Balaban J connectivity index is 0.00000161. The second-order valence-corrected chi connectivity index (χ2v) is 4.82. The predicted octanol–water partition coefficient (Wildman–Crippen LogP) is 1.18. The molecule has 0 fully saturated rings. The molecule has 0 unspecified atom stereocenters. The Hall–Kier alpha value is -1.81. The van der Waals surface area contributed by atoms with Crippen LogP contribution >= 0.6 is 0 Å². The fraction of sp³-hybridized carbons (Fsp3) is 0.235. The molecule has 0 saturated heterocycles. The van der Waals surface area contributed by atoms with Crippen LogP contribution in [0.25, 0.3) is 16.9 Å². The number of nitrogens with zero attached hydrogens (tertiary/aromatic N) is 2. The average Bonchev–Trinajstić information content (AvgIpc) is 2.92. The van der Waals surface area contributed by atoms with Crippen molar-refractivity contribution >= 4 is 5.65 Å². The highest BCUT2D eigenvalue weighted by molar-refractivity contribution is 5.63. The van der Waals surface area contributed by atoms with Crippen molar-refractivity contribution in [1.29, 1.82) is 0 Å². The van der Waals surface area contributed by atoms with Crippen LogP contribution in [-0.2, 0) is 0 Å². The summed E-state index contributed by atoms with van der Waals surface area (Å²) < 4.78 is 7.70. The number of pyridine rings is 1. The zero-order chi connectivity index (χ0) is 13.8. The van der Waals surface area contributed by atoms with Crippen molar-refractivity contribution in [2.24, 2.45) is 0 Å². The van der Waals surface area contributed by atoms with E-state index in [1.54, 1.807) is 0 Å². The Morgan fingerprint density at radius 2 is 1.90 bits per heavy atom. The number of hydrogen-bond donors (Lipinski definition) is 0. The Labute approximate surface area is 135 Å². The Morgan fingerprint density at radius 1 is 1.10 bits per heavy atom. The summed E-state index contributed by atoms with van der Waals surface area (Å²) in [7, 11) is 0. The largest absolute Gasteiger partial charge is 1.00 e. The first-order chi connectivity index (χ1) is 9.86. The minimum Gasteiger partial charge on any atom is -1.00 e. The summed E-state index contributed by atoms with van der Waals surface area (Å²) in [6.07, 6.45) is 6.30. The van der Waals surface area contributed by atoms with E-state index in [9.17, 15) is 0 Å². The maximum Gasteiger partial charge on any atom is 0.137 e. The normalized spacial score (nSPS) is 10.3. The van der Waals surface area contributed by atoms with E-state index in [0.29, 0.717) is 0 Å². The van der Waals surface area contributed by atoms with Gasteiger partial charge in [-0.25, -0.2) is 4.98 Å². The van der Waals surface area contributed by atoms with Gasteiger partial charge < -0.3 is 26.1 Å². The molecule has 3 aromatic rings. The van der Waals surface area contributed by atoms with Gasteiger partial charge >= 0.3 is 0 Å². The van der Waals surface area contributed by atoms with Crippen LogP contribution in [0.2, 0.25) is 0 Å². The number of fused-ring (bicyclic) bond motifs is 1. The smallest absolute Gasteiger partial charge is 0.137 e. The first-order valence-electron chi connectivity index (χ1n) is 7.04. The van der Waals surface area contributed by atoms with Gasteiger partial charge in [0.1, 0.15) is 11.4 Å². The fourth-order valence-electron chi connectivity index (χ4n) is 2.13. The van der Waals surface area contributed by atoms with Gasteiger partial charge in [-0.05, 0) is 42.8 Å². The molecule has 0 aliphatic heterocycles. The molecule has 2 heterocycles. The third kappa shape index (κ3) is 3.64. The zero-order valence-electron chi connectivity index (χ0n) is 12.0. The quantitative estimate of drug-likeness (QED) is 0.649. The highest BCUT2D eigenvalue weighted by Gasteiger charge is 2.04. The lowest BCUT2D eigenvalue weighted by atomic mass is 10.2. The molecule has 1 aromatic carbocycles. The van der Waals surface area contributed by atoms with Gasteiger partial charge in [-0.3, -0.25) is 0 Å². The van der Waals surface area contributed by atoms with Crippen LogP contribution in [0.4, 0.5) is 0 Å². The lowest BCUT2D eigenvalue weighted by molar-refractivity contribution is -0.00000465. The van der Waals surface area contributed by atoms with Crippen molar-refractivity contribution in [3.63, 3.8) is 0 Å². The fourth-order valence-corrected chi connectivity index (χ4v) is 2.13. The molecule has 0 aliphatic rings. The molecular formula is C17H18BrN2O-. The van der Waals surface area contributed by atoms with Crippen LogP contribution in [0.3, 0.4) is 0 Å². The Bertz CT molecular complexity index is 658. The van der Waals surface area contributed by atoms with Crippen molar-refractivity contribution in [3.8, 4) is 17.0 Å². The molecule has 2 aromatic heterocycles. The lowest BCUT2D eigenvalue weighted by Gasteiger charge is -2.05. The third-order valence-corrected chi connectivity index (χ3v) is 3.28. The molecule has 21 heavy (non-hydrogen) atoms. The van der Waals surface area contributed by atoms with Crippen LogP contribution in [-0.4, -0.2) is 16.0 Å². The van der Waals surface area contributed by atoms with E-state index >= 15 is 0 Å². The first-order valence-corrected chi connectivity index (χ1v) is 7.04. The van der Waals surface area contributed by atoms with Crippen LogP contribution in [0, 0.1) is 0 Å². The lowest BCUT2D eigenvalue weighted by Crippen LogP contribution is -3.00. The molecule has 4 heteroatoms. The van der Waals surface area contributed by atoms with E-state index in [-0.39, 0.29) is 17.0 Å². The maximum atomic E-state index is 5.67. The third-order valence-electron chi connectivity index (χ3n) is 3.28. The van der Waals surface area contributed by atoms with Gasteiger partial charge in [0.05, 0.1) is 12.3 Å². The van der Waals surface area contributed by atoms with E-state index in [2.05, 4.69) is 24.0 Å². The van der Waals surface area contributed by atoms with Gasteiger partial charge in [-0.2, -0.15) is 0 Å². The van der Waals surface area contributed by atoms with Crippen molar-refractivity contribution < 1.29 is 21.7 Å². The number of ether oxygens (including phenoxy) is 1. The minimum atomic E-state index is 0. The molecule has 0 radical (unpaired) electrons. The maximum absolute atomic E-state index is 5.67. The Kier molecular flexibility index (Phi) is 5.39. The zero-order valence-corrected chi connectivity index (χ0v) is 13.6. The van der Waals surface area contributed by atoms with E-state index in [1.807, 2.05) is 47.1 Å². The summed E-state index contributed by atoms with van der Waals surface area (Å²) in [5.41, 5.74) is 3.05. The van der Waals surface area contributed by atoms with E-state index in [4.69, 9.17) is 4.74 Å². The summed E-state index contributed by atoms with van der Waals surface area (Å²) in [5.74, 6) is 0.922. The Morgan fingerprint density at radius 3 is 2.62 bits per heavy atom. The van der Waals surface area contributed by atoms with Crippen LogP contribution in [0.15, 0.2) is 54.9 Å². The minimum absolute atomic E-state index is 0. The number of aromatic nitrogens is 2. The van der Waals surface area contributed by atoms with Gasteiger partial charge in [0.15, 0.2) is 0 Å². The average molecular weight is 346 g/mol. The summed E-state index contributed by atoms with van der Waals surface area (Å²) >= 11 is 0. The monoisotopic (exact) mass is 345 g/mol. The summed E-state index contributed by atoms with van der Waals surface area (Å²) in [4.78, 5) is 4.61. The van der Waals surface area contributed by atoms with Gasteiger partial charge in [-0.15, -0.1) is 0 Å². The molecule has 0 bridgehead atoms. The predicted molar refractivity (Wildman–Crippen MR) is 81.0 cm³/mol. The molecule has 0 spiro atoms.